The van der Waals surface area contributed by atoms with E-state index in [9.17, 15) is 9.00 Å². The molecular weight excluding hydrogens is 262 g/mol. The average Bonchev–Trinajstić information content (AvgIpc) is 2.45. The number of amides is 1. The quantitative estimate of drug-likeness (QED) is 0.898. The first kappa shape index (κ1) is 14.0. The number of nitrogens with zero attached hydrogens (tertiary/aromatic N) is 2. The summed E-state index contributed by atoms with van der Waals surface area (Å²) in [5.41, 5.74) is 1.37. The maximum absolute atomic E-state index is 12.3. The van der Waals surface area contributed by atoms with Gasteiger partial charge in [-0.1, -0.05) is 6.92 Å². The largest absolute Gasteiger partial charge is 0.385 e. The Hall–Kier alpha value is -1.43. The molecule has 0 aliphatic carbocycles. The Labute approximate surface area is 115 Å². The molecule has 2 heterocycles. The van der Waals surface area contributed by atoms with Crippen molar-refractivity contribution >= 4 is 22.4 Å². The van der Waals surface area contributed by atoms with Crippen LogP contribution < -0.4 is 5.32 Å². The Morgan fingerprint density at radius 2 is 2.21 bits per heavy atom. The lowest BCUT2D eigenvalue weighted by molar-refractivity contribution is 0.0765. The predicted octanol–water partition coefficient (Wildman–Crippen LogP) is 1.11. The fraction of sp³-hybridized carbons (Fsp3) is 0.538. The number of carbonyl (C=O) groups is 1. The van der Waals surface area contributed by atoms with Crippen LogP contribution in [0.15, 0.2) is 18.3 Å². The molecule has 0 bridgehead atoms. The van der Waals surface area contributed by atoms with E-state index in [0.29, 0.717) is 30.3 Å². The first-order valence-corrected chi connectivity index (χ1v) is 8.03. The second-order valence-corrected chi connectivity index (χ2v) is 6.19. The van der Waals surface area contributed by atoms with Gasteiger partial charge in [0.15, 0.2) is 0 Å². The molecule has 5 nitrogen and oxygen atoms in total. The second-order valence-electron chi connectivity index (χ2n) is 4.50. The molecule has 0 unspecified atom stereocenters. The molecular formula is C13H19N3O2S. The van der Waals surface area contributed by atoms with Gasteiger partial charge >= 0.3 is 0 Å². The first-order chi connectivity index (χ1) is 9.20. The molecule has 1 aromatic heterocycles. The first-order valence-electron chi connectivity index (χ1n) is 6.55. The molecule has 0 radical (unpaired) electrons. The number of anilines is 1. The fourth-order valence-electron chi connectivity index (χ4n) is 1.93. The third kappa shape index (κ3) is 3.76. The second kappa shape index (κ2) is 6.65. The average molecular weight is 281 g/mol. The van der Waals surface area contributed by atoms with Crippen molar-refractivity contribution in [1.82, 2.24) is 9.88 Å². The summed E-state index contributed by atoms with van der Waals surface area (Å²) in [4.78, 5) is 18.1. The fourth-order valence-corrected chi connectivity index (χ4v) is 2.98. The minimum atomic E-state index is -0.769. The molecule has 0 saturated carbocycles. The number of pyridine rings is 1. The molecule has 19 heavy (non-hydrogen) atoms. The van der Waals surface area contributed by atoms with Crippen molar-refractivity contribution in [1.29, 1.82) is 0 Å². The van der Waals surface area contributed by atoms with Crippen molar-refractivity contribution in [3.63, 3.8) is 0 Å². The lowest BCUT2D eigenvalue weighted by Gasteiger charge is -2.26. The smallest absolute Gasteiger partial charge is 0.272 e. The Morgan fingerprint density at radius 1 is 1.47 bits per heavy atom. The zero-order valence-electron chi connectivity index (χ0n) is 11.1. The third-order valence-corrected chi connectivity index (χ3v) is 4.30. The van der Waals surface area contributed by atoms with Crippen LogP contribution in [0.25, 0.3) is 0 Å². The highest BCUT2D eigenvalue weighted by atomic mass is 32.2. The maximum Gasteiger partial charge on any atom is 0.272 e. The topological polar surface area (TPSA) is 62.3 Å². The van der Waals surface area contributed by atoms with Crippen LogP contribution in [0.3, 0.4) is 0 Å². The summed E-state index contributed by atoms with van der Waals surface area (Å²) >= 11 is 0. The monoisotopic (exact) mass is 281 g/mol. The summed E-state index contributed by atoms with van der Waals surface area (Å²) in [6.07, 6.45) is 2.68. The van der Waals surface area contributed by atoms with Gasteiger partial charge in [-0.15, -0.1) is 0 Å². The van der Waals surface area contributed by atoms with E-state index in [1.807, 2.05) is 6.07 Å². The van der Waals surface area contributed by atoms with Gasteiger partial charge < -0.3 is 10.2 Å². The van der Waals surface area contributed by atoms with Crippen molar-refractivity contribution in [2.75, 3.05) is 36.5 Å². The molecule has 2 rings (SSSR count). The van der Waals surface area contributed by atoms with Gasteiger partial charge in [0.1, 0.15) is 5.69 Å². The summed E-state index contributed by atoms with van der Waals surface area (Å²) in [6.45, 7) is 4.08. The maximum atomic E-state index is 12.3. The minimum Gasteiger partial charge on any atom is -0.385 e. The number of rotatable bonds is 4. The van der Waals surface area contributed by atoms with Crippen LogP contribution in [0, 0.1) is 0 Å². The van der Waals surface area contributed by atoms with Gasteiger partial charge in [-0.05, 0) is 18.6 Å². The standard InChI is InChI=1S/C13H19N3O2S/c1-2-4-14-11-3-5-15-12(10-11)13(17)16-6-8-19(18)9-7-16/h3,5,10H,2,4,6-9H2,1H3,(H,14,15). The molecule has 0 spiro atoms. The predicted molar refractivity (Wildman–Crippen MR) is 76.8 cm³/mol. The van der Waals surface area contributed by atoms with Gasteiger partial charge in [0.05, 0.1) is 0 Å². The van der Waals surface area contributed by atoms with Crippen LogP contribution in [0.5, 0.6) is 0 Å². The van der Waals surface area contributed by atoms with Crippen molar-refractivity contribution in [2.45, 2.75) is 13.3 Å². The Morgan fingerprint density at radius 3 is 2.89 bits per heavy atom. The van der Waals surface area contributed by atoms with E-state index in [0.717, 1.165) is 18.7 Å². The molecule has 0 atom stereocenters. The molecule has 1 aliphatic heterocycles. The normalized spacial score (nSPS) is 16.4. The SMILES string of the molecule is CCCNc1ccnc(C(=O)N2CCS(=O)CC2)c1. The number of carbonyl (C=O) groups excluding carboxylic acids is 1. The van der Waals surface area contributed by atoms with Crippen LogP contribution >= 0.6 is 0 Å². The van der Waals surface area contributed by atoms with Gasteiger partial charge in [0.2, 0.25) is 0 Å². The molecule has 104 valence electrons. The van der Waals surface area contributed by atoms with Crippen LogP contribution in [0.4, 0.5) is 5.69 Å². The van der Waals surface area contributed by atoms with E-state index in [1.54, 1.807) is 17.2 Å². The molecule has 1 saturated heterocycles. The molecule has 6 heteroatoms. The van der Waals surface area contributed by atoms with E-state index in [1.165, 1.54) is 0 Å². The van der Waals surface area contributed by atoms with Crippen LogP contribution in [-0.4, -0.2) is 51.1 Å². The number of hydrogen-bond donors (Lipinski definition) is 1. The van der Waals surface area contributed by atoms with Crippen molar-refractivity contribution in [3.05, 3.63) is 24.0 Å². The van der Waals surface area contributed by atoms with E-state index in [2.05, 4.69) is 17.2 Å². The number of aromatic nitrogens is 1. The van der Waals surface area contributed by atoms with E-state index >= 15 is 0 Å². The Bertz CT molecular complexity index is 469. The zero-order chi connectivity index (χ0) is 13.7. The molecule has 1 N–H and O–H groups in total. The highest BCUT2D eigenvalue weighted by molar-refractivity contribution is 7.85. The van der Waals surface area contributed by atoms with Gasteiger partial charge in [-0.3, -0.25) is 14.0 Å². The Balaban J connectivity index is 2.04. The summed E-state index contributed by atoms with van der Waals surface area (Å²) in [5.74, 6) is 1.07. The number of hydrogen-bond acceptors (Lipinski definition) is 4. The van der Waals surface area contributed by atoms with Crippen molar-refractivity contribution in [3.8, 4) is 0 Å². The summed E-state index contributed by atoms with van der Waals surface area (Å²) < 4.78 is 11.3. The van der Waals surface area contributed by atoms with E-state index in [4.69, 9.17) is 0 Å². The Kier molecular flexibility index (Phi) is 4.90. The van der Waals surface area contributed by atoms with Gasteiger partial charge in [0, 0.05) is 53.8 Å². The highest BCUT2D eigenvalue weighted by Crippen LogP contribution is 2.11. The van der Waals surface area contributed by atoms with Crippen molar-refractivity contribution < 1.29 is 9.00 Å². The van der Waals surface area contributed by atoms with Gasteiger partial charge in [0.25, 0.3) is 5.91 Å². The molecule has 1 fully saturated rings. The van der Waals surface area contributed by atoms with Crippen LogP contribution in [-0.2, 0) is 10.8 Å². The number of nitrogens with one attached hydrogen (secondary N) is 1. The third-order valence-electron chi connectivity index (χ3n) is 3.02. The lowest BCUT2D eigenvalue weighted by atomic mass is 10.2. The van der Waals surface area contributed by atoms with Gasteiger partial charge in [-0.2, -0.15) is 0 Å². The lowest BCUT2D eigenvalue weighted by Crippen LogP contribution is -2.42. The summed E-state index contributed by atoms with van der Waals surface area (Å²) in [5, 5.41) is 3.24. The molecule has 1 aromatic rings. The minimum absolute atomic E-state index is 0.0724. The molecule has 0 aromatic carbocycles. The van der Waals surface area contributed by atoms with E-state index < -0.39 is 10.8 Å². The van der Waals surface area contributed by atoms with Crippen molar-refractivity contribution in [2.24, 2.45) is 0 Å². The molecule has 1 amide bonds. The van der Waals surface area contributed by atoms with E-state index in [-0.39, 0.29) is 5.91 Å². The molecule has 1 aliphatic rings. The summed E-state index contributed by atoms with van der Waals surface area (Å²) in [6, 6.07) is 3.64. The highest BCUT2D eigenvalue weighted by Gasteiger charge is 2.22. The summed E-state index contributed by atoms with van der Waals surface area (Å²) in [7, 11) is -0.769. The zero-order valence-corrected chi connectivity index (χ0v) is 11.9. The van der Waals surface area contributed by atoms with Gasteiger partial charge in [-0.25, -0.2) is 0 Å². The van der Waals surface area contributed by atoms with Crippen LogP contribution in [0.2, 0.25) is 0 Å². The van der Waals surface area contributed by atoms with Crippen LogP contribution in [0.1, 0.15) is 23.8 Å².